The van der Waals surface area contributed by atoms with Crippen molar-refractivity contribution in [1.29, 1.82) is 0 Å². The third-order valence-corrected chi connectivity index (χ3v) is 8.71. The van der Waals surface area contributed by atoms with Gasteiger partial charge in [-0.15, -0.1) is 0 Å². The first-order chi connectivity index (χ1) is 12.1. The zero-order chi connectivity index (χ0) is 18.5. The summed E-state index contributed by atoms with van der Waals surface area (Å²) >= 11 is 6.01. The first kappa shape index (κ1) is 22.9. The standard InChI is InChI=1S/C12H16ClNO2.2C4H9.Sn/c13-8-5-6-12(16)10(7-8)14-9-3-1-2-4-11(9)15;2*1-3-4-2;/h5-7,9,11,14-16H,1-4H2;2*1,3-4H2,2H3;. The summed E-state index contributed by atoms with van der Waals surface area (Å²) in [5.74, 6) is 0.169. The van der Waals surface area contributed by atoms with E-state index in [4.69, 9.17) is 11.6 Å². The van der Waals surface area contributed by atoms with Gasteiger partial charge in [-0.1, -0.05) is 24.4 Å². The molecule has 2 atom stereocenters. The Kier molecular flexibility index (Phi) is 12.8. The molecular formula is C20H34ClNO2Sn. The molecule has 1 saturated carbocycles. The third kappa shape index (κ3) is 9.95. The second-order valence-electron chi connectivity index (χ2n) is 6.72. The van der Waals surface area contributed by atoms with Gasteiger partial charge in [-0.05, 0) is 31.0 Å². The molecule has 5 heteroatoms. The van der Waals surface area contributed by atoms with Crippen LogP contribution in [0.15, 0.2) is 18.2 Å². The molecule has 1 aromatic rings. The van der Waals surface area contributed by atoms with Gasteiger partial charge < -0.3 is 15.5 Å². The molecule has 2 radical (unpaired) electrons. The van der Waals surface area contributed by atoms with E-state index in [0.29, 0.717) is 10.7 Å². The minimum Gasteiger partial charge on any atom is -0.506 e. The van der Waals surface area contributed by atoms with Crippen molar-refractivity contribution < 1.29 is 10.2 Å². The smallest absolute Gasteiger partial charge is 0.138 e. The Morgan fingerprint density at radius 3 is 2.36 bits per heavy atom. The maximum atomic E-state index is 9.81. The van der Waals surface area contributed by atoms with Crippen LogP contribution in [0.2, 0.25) is 13.9 Å². The van der Waals surface area contributed by atoms with Crippen molar-refractivity contribution in [3.63, 3.8) is 0 Å². The Hall–Kier alpha value is -0.131. The zero-order valence-corrected chi connectivity index (χ0v) is 19.3. The number of hydrogen-bond acceptors (Lipinski definition) is 3. The van der Waals surface area contributed by atoms with Gasteiger partial charge in [-0.3, -0.25) is 0 Å². The Balaban J connectivity index is 0.000000299. The second kappa shape index (κ2) is 14.0. The molecule has 3 nitrogen and oxygen atoms in total. The van der Waals surface area contributed by atoms with Crippen LogP contribution in [-0.4, -0.2) is 43.5 Å². The van der Waals surface area contributed by atoms with Crippen molar-refractivity contribution in [3.05, 3.63) is 23.2 Å². The molecule has 0 aromatic heterocycles. The van der Waals surface area contributed by atoms with E-state index < -0.39 is 0 Å². The normalized spacial score (nSPS) is 19.8. The van der Waals surface area contributed by atoms with E-state index in [2.05, 4.69) is 19.2 Å². The number of hydrogen-bond donors (Lipinski definition) is 3. The van der Waals surface area contributed by atoms with Crippen molar-refractivity contribution in [2.24, 2.45) is 0 Å². The molecule has 1 aliphatic carbocycles. The van der Waals surface area contributed by atoms with E-state index in [0.717, 1.165) is 25.7 Å². The van der Waals surface area contributed by atoms with Gasteiger partial charge in [0.25, 0.3) is 0 Å². The number of phenols is 1. The summed E-state index contributed by atoms with van der Waals surface area (Å²) in [7, 11) is 0. The topological polar surface area (TPSA) is 52.5 Å². The van der Waals surface area contributed by atoms with Crippen LogP contribution in [0, 0.1) is 0 Å². The summed E-state index contributed by atoms with van der Waals surface area (Å²) in [6, 6.07) is 4.88. The molecule has 142 valence electrons. The molecule has 0 spiro atoms. The van der Waals surface area contributed by atoms with Crippen LogP contribution >= 0.6 is 11.6 Å². The maximum Gasteiger partial charge on any atom is 0.138 e. The predicted molar refractivity (Wildman–Crippen MR) is 110 cm³/mol. The van der Waals surface area contributed by atoms with Gasteiger partial charge in [0.2, 0.25) is 0 Å². The van der Waals surface area contributed by atoms with E-state index in [1.165, 1.54) is 25.7 Å². The summed E-state index contributed by atoms with van der Waals surface area (Å²) in [6.45, 7) is 4.58. The molecule has 0 amide bonds. The summed E-state index contributed by atoms with van der Waals surface area (Å²) < 4.78 is 3.25. The molecule has 1 aromatic carbocycles. The number of anilines is 1. The summed E-state index contributed by atoms with van der Waals surface area (Å²) in [5, 5.41) is 23.2. The van der Waals surface area contributed by atoms with Gasteiger partial charge in [0, 0.05) is 5.02 Å². The number of rotatable bonds is 8. The van der Waals surface area contributed by atoms with Gasteiger partial charge in [0.1, 0.15) is 5.75 Å². The minimum atomic E-state index is -0.341. The van der Waals surface area contributed by atoms with Gasteiger partial charge in [0.05, 0.1) is 17.8 Å². The number of aliphatic hydroxyl groups excluding tert-OH is 1. The Bertz CT molecular complexity index is 467. The zero-order valence-electron chi connectivity index (χ0n) is 15.7. The van der Waals surface area contributed by atoms with Crippen LogP contribution in [0.4, 0.5) is 5.69 Å². The fourth-order valence-corrected chi connectivity index (χ4v) is 7.16. The number of halogens is 1. The molecule has 1 aliphatic rings. The van der Waals surface area contributed by atoms with Crippen molar-refractivity contribution in [2.45, 2.75) is 86.2 Å². The number of phenolic OH excluding ortho intramolecular Hbond substituents is 1. The molecule has 2 rings (SSSR count). The molecule has 0 bridgehead atoms. The number of benzene rings is 1. The van der Waals surface area contributed by atoms with E-state index in [-0.39, 0.29) is 39.0 Å². The summed E-state index contributed by atoms with van der Waals surface area (Å²) in [4.78, 5) is 0. The van der Waals surface area contributed by atoms with Crippen LogP contribution in [-0.2, 0) is 0 Å². The summed E-state index contributed by atoms with van der Waals surface area (Å²) in [6.07, 6.45) is 9.42. The third-order valence-electron chi connectivity index (χ3n) is 4.44. The van der Waals surface area contributed by atoms with Crippen LogP contribution < -0.4 is 5.32 Å². The molecule has 1 fully saturated rings. The fraction of sp³-hybridized carbons (Fsp3) is 0.700. The molecule has 0 saturated heterocycles. The van der Waals surface area contributed by atoms with Crippen molar-refractivity contribution in [1.82, 2.24) is 0 Å². The largest absolute Gasteiger partial charge is 0.506 e. The first-order valence-electron chi connectivity index (χ1n) is 9.72. The fourth-order valence-electron chi connectivity index (χ4n) is 2.83. The minimum absolute atomic E-state index is 0.0121. The quantitative estimate of drug-likeness (QED) is 0.250. The number of unbranched alkanes of at least 4 members (excludes halogenated alkanes) is 2. The van der Waals surface area contributed by atoms with Crippen molar-refractivity contribution >= 4 is 38.4 Å². The number of nitrogens with one attached hydrogen (secondary N) is 1. The van der Waals surface area contributed by atoms with Gasteiger partial charge >= 0.3 is 69.5 Å². The average molecular weight is 475 g/mol. The molecule has 25 heavy (non-hydrogen) atoms. The monoisotopic (exact) mass is 475 g/mol. The van der Waals surface area contributed by atoms with Gasteiger partial charge in [-0.2, -0.15) is 0 Å². The Labute approximate surface area is 168 Å². The first-order valence-corrected chi connectivity index (χ1v) is 14.1. The van der Waals surface area contributed by atoms with Crippen LogP contribution in [0.1, 0.15) is 65.2 Å². The molecule has 3 N–H and O–H groups in total. The van der Waals surface area contributed by atoms with Crippen LogP contribution in [0.25, 0.3) is 0 Å². The van der Waals surface area contributed by atoms with Crippen molar-refractivity contribution in [3.8, 4) is 5.75 Å². The second-order valence-corrected chi connectivity index (χ2v) is 11.4. The van der Waals surface area contributed by atoms with Gasteiger partial charge in [-0.25, -0.2) is 0 Å². The number of aromatic hydroxyl groups is 1. The Morgan fingerprint density at radius 1 is 1.12 bits per heavy atom. The number of aliphatic hydroxyl groups is 1. The maximum absolute atomic E-state index is 9.81. The molecule has 2 unspecified atom stereocenters. The van der Waals surface area contributed by atoms with E-state index >= 15 is 0 Å². The average Bonchev–Trinajstić information content (AvgIpc) is 2.61. The van der Waals surface area contributed by atoms with E-state index in [9.17, 15) is 10.2 Å². The SMILES string of the molecule is CCC[CH2][Sn][CH2]CCC.Oc1ccc(Cl)cc1NC1CCCCC1O. The summed E-state index contributed by atoms with van der Waals surface area (Å²) in [5.41, 5.74) is 0.596. The van der Waals surface area contributed by atoms with E-state index in [1.54, 1.807) is 27.1 Å². The molecule has 0 heterocycles. The molecule has 0 aliphatic heterocycles. The van der Waals surface area contributed by atoms with Crippen LogP contribution in [0.3, 0.4) is 0 Å². The van der Waals surface area contributed by atoms with Crippen LogP contribution in [0.5, 0.6) is 5.75 Å². The predicted octanol–water partition coefficient (Wildman–Crippen LogP) is 5.89. The molecular weight excluding hydrogens is 440 g/mol. The van der Waals surface area contributed by atoms with Crippen molar-refractivity contribution in [2.75, 3.05) is 5.32 Å². The Morgan fingerprint density at radius 2 is 1.76 bits per heavy atom. The van der Waals surface area contributed by atoms with Gasteiger partial charge in [0.15, 0.2) is 0 Å². The van der Waals surface area contributed by atoms with E-state index in [1.807, 2.05) is 0 Å².